The molecule has 2 heterocycles. The van der Waals surface area contributed by atoms with Crippen molar-refractivity contribution in [3.05, 3.63) is 53.1 Å². The van der Waals surface area contributed by atoms with Crippen molar-refractivity contribution in [3.8, 4) is 5.75 Å². The summed E-state index contributed by atoms with van der Waals surface area (Å²) in [5.41, 5.74) is 2.46. The van der Waals surface area contributed by atoms with Crippen LogP contribution in [0.5, 0.6) is 5.75 Å². The quantitative estimate of drug-likeness (QED) is 0.816. The maximum Gasteiger partial charge on any atom is 0.573 e. The molecule has 1 aromatic carbocycles. The van der Waals surface area contributed by atoms with Gasteiger partial charge in [-0.2, -0.15) is 0 Å². The fourth-order valence-corrected chi connectivity index (χ4v) is 2.97. The van der Waals surface area contributed by atoms with Crippen LogP contribution < -0.4 is 4.74 Å². The number of nitrogens with zero attached hydrogens (tertiary/aromatic N) is 3. The lowest BCUT2D eigenvalue weighted by molar-refractivity contribution is -0.275. The van der Waals surface area contributed by atoms with Crippen LogP contribution in [0, 0.1) is 0 Å². The predicted molar refractivity (Wildman–Crippen MR) is 91.7 cm³/mol. The molecule has 0 N–H and O–H groups in total. The first-order valence-corrected chi connectivity index (χ1v) is 8.53. The second kappa shape index (κ2) is 6.87. The molecule has 26 heavy (non-hydrogen) atoms. The summed E-state index contributed by atoms with van der Waals surface area (Å²) in [5.74, 6) is 0.666. The van der Waals surface area contributed by atoms with Gasteiger partial charge in [0.25, 0.3) is 0 Å². The number of fused-ring (bicyclic) bond motifs is 1. The van der Waals surface area contributed by atoms with Crippen molar-refractivity contribution in [2.24, 2.45) is 0 Å². The fraction of sp³-hybridized carbons (Fsp3) is 0.474. The van der Waals surface area contributed by atoms with Gasteiger partial charge in [0.1, 0.15) is 11.6 Å². The molecule has 0 radical (unpaired) electrons. The Morgan fingerprint density at radius 1 is 1.15 bits per heavy atom. The topological polar surface area (TPSA) is 38.2 Å². The summed E-state index contributed by atoms with van der Waals surface area (Å²) in [6, 6.07) is 6.27. The Hall–Kier alpha value is -2.15. The van der Waals surface area contributed by atoms with Crippen LogP contribution >= 0.6 is 0 Å². The van der Waals surface area contributed by atoms with Gasteiger partial charge in [-0.3, -0.25) is 4.90 Å². The molecule has 7 heteroatoms. The first-order valence-electron chi connectivity index (χ1n) is 8.53. The first kappa shape index (κ1) is 18.6. The number of hydrogen-bond donors (Lipinski definition) is 0. The second-order valence-corrected chi connectivity index (χ2v) is 7.53. The SMILES string of the molecule is CC(C)(C)c1ncc2c(n1)CCN(Cc1ccccc1OC(F)(F)F)C2. The summed E-state index contributed by atoms with van der Waals surface area (Å²) in [5, 5.41) is 0. The van der Waals surface area contributed by atoms with Gasteiger partial charge in [0, 0.05) is 54.5 Å². The van der Waals surface area contributed by atoms with E-state index in [2.05, 4.69) is 40.4 Å². The summed E-state index contributed by atoms with van der Waals surface area (Å²) < 4.78 is 41.9. The molecule has 1 aromatic heterocycles. The summed E-state index contributed by atoms with van der Waals surface area (Å²) in [6.07, 6.45) is -2.10. The van der Waals surface area contributed by atoms with Crippen molar-refractivity contribution >= 4 is 0 Å². The van der Waals surface area contributed by atoms with Gasteiger partial charge in [-0.1, -0.05) is 39.0 Å². The Bertz CT molecular complexity index is 784. The molecule has 3 rings (SSSR count). The van der Waals surface area contributed by atoms with E-state index in [0.717, 1.165) is 30.0 Å². The number of aromatic nitrogens is 2. The third kappa shape index (κ3) is 4.52. The maximum absolute atomic E-state index is 12.6. The summed E-state index contributed by atoms with van der Waals surface area (Å²) >= 11 is 0. The van der Waals surface area contributed by atoms with Gasteiger partial charge in [-0.15, -0.1) is 13.2 Å². The monoisotopic (exact) mass is 365 g/mol. The van der Waals surface area contributed by atoms with Gasteiger partial charge in [-0.25, -0.2) is 9.97 Å². The van der Waals surface area contributed by atoms with Crippen molar-refractivity contribution in [2.75, 3.05) is 6.54 Å². The van der Waals surface area contributed by atoms with Gasteiger partial charge in [0.2, 0.25) is 0 Å². The minimum Gasteiger partial charge on any atom is -0.405 e. The number of para-hydroxylation sites is 1. The van der Waals surface area contributed by atoms with Crippen LogP contribution in [0.4, 0.5) is 13.2 Å². The molecule has 0 saturated heterocycles. The zero-order valence-corrected chi connectivity index (χ0v) is 15.1. The van der Waals surface area contributed by atoms with Crippen molar-refractivity contribution in [1.29, 1.82) is 0 Å². The Balaban J connectivity index is 1.75. The van der Waals surface area contributed by atoms with Crippen molar-refractivity contribution < 1.29 is 17.9 Å². The molecular formula is C19H22F3N3O. The van der Waals surface area contributed by atoms with Gasteiger partial charge < -0.3 is 4.74 Å². The van der Waals surface area contributed by atoms with Crippen molar-refractivity contribution in [3.63, 3.8) is 0 Å². The predicted octanol–water partition coefficient (Wildman–Crippen LogP) is 4.23. The van der Waals surface area contributed by atoms with Crippen LogP contribution in [0.3, 0.4) is 0 Å². The van der Waals surface area contributed by atoms with E-state index in [1.165, 1.54) is 12.1 Å². The minimum absolute atomic E-state index is 0.111. The fourth-order valence-electron chi connectivity index (χ4n) is 2.97. The van der Waals surface area contributed by atoms with E-state index in [0.29, 0.717) is 18.7 Å². The van der Waals surface area contributed by atoms with Gasteiger partial charge in [0.15, 0.2) is 0 Å². The number of rotatable bonds is 3. The molecule has 140 valence electrons. The van der Waals surface area contributed by atoms with E-state index >= 15 is 0 Å². The highest BCUT2D eigenvalue weighted by Gasteiger charge is 2.32. The lowest BCUT2D eigenvalue weighted by Crippen LogP contribution is -2.32. The van der Waals surface area contributed by atoms with Crippen LogP contribution in [0.2, 0.25) is 0 Å². The van der Waals surface area contributed by atoms with E-state index in [9.17, 15) is 13.2 Å². The summed E-state index contributed by atoms with van der Waals surface area (Å²) in [4.78, 5) is 11.2. The Morgan fingerprint density at radius 3 is 2.58 bits per heavy atom. The molecule has 2 aromatic rings. The zero-order valence-electron chi connectivity index (χ0n) is 15.1. The smallest absolute Gasteiger partial charge is 0.405 e. The molecule has 0 aliphatic carbocycles. The third-order valence-corrected chi connectivity index (χ3v) is 4.28. The average Bonchev–Trinajstić information content (AvgIpc) is 2.54. The van der Waals surface area contributed by atoms with Gasteiger partial charge in [0.05, 0.1) is 0 Å². The Kier molecular flexibility index (Phi) is 4.92. The van der Waals surface area contributed by atoms with E-state index in [1.807, 2.05) is 6.20 Å². The summed E-state index contributed by atoms with van der Waals surface area (Å²) in [6.45, 7) is 7.94. The molecule has 0 atom stereocenters. The van der Waals surface area contributed by atoms with E-state index in [1.54, 1.807) is 12.1 Å². The molecular weight excluding hydrogens is 343 g/mol. The molecule has 0 fully saturated rings. The van der Waals surface area contributed by atoms with Gasteiger partial charge >= 0.3 is 6.36 Å². The van der Waals surface area contributed by atoms with Crippen LogP contribution in [-0.4, -0.2) is 27.8 Å². The van der Waals surface area contributed by atoms with Crippen LogP contribution in [0.25, 0.3) is 0 Å². The third-order valence-electron chi connectivity index (χ3n) is 4.28. The van der Waals surface area contributed by atoms with Crippen LogP contribution in [-0.2, 0) is 24.9 Å². The Morgan fingerprint density at radius 2 is 1.88 bits per heavy atom. The number of halogens is 3. The number of alkyl halides is 3. The van der Waals surface area contributed by atoms with Crippen molar-refractivity contribution in [1.82, 2.24) is 14.9 Å². The number of ether oxygens (including phenoxy) is 1. The standard InChI is InChI=1S/C19H22F3N3O/c1-18(2,3)17-23-10-14-12-25(9-8-15(14)24-17)11-13-6-4-5-7-16(13)26-19(20,21)22/h4-7,10H,8-9,11-12H2,1-3H3. The molecule has 0 bridgehead atoms. The normalized spacial score (nSPS) is 15.6. The molecule has 0 spiro atoms. The maximum atomic E-state index is 12.6. The molecule has 1 aliphatic rings. The van der Waals surface area contributed by atoms with E-state index < -0.39 is 6.36 Å². The Labute approximate surface area is 151 Å². The van der Waals surface area contributed by atoms with E-state index in [4.69, 9.17) is 0 Å². The number of hydrogen-bond acceptors (Lipinski definition) is 4. The highest BCUT2D eigenvalue weighted by Crippen LogP contribution is 2.29. The molecule has 0 saturated carbocycles. The second-order valence-electron chi connectivity index (χ2n) is 7.53. The van der Waals surface area contributed by atoms with Crippen LogP contribution in [0.15, 0.2) is 30.5 Å². The molecule has 0 unspecified atom stereocenters. The number of benzene rings is 1. The summed E-state index contributed by atoms with van der Waals surface area (Å²) in [7, 11) is 0. The highest BCUT2D eigenvalue weighted by atomic mass is 19.4. The van der Waals surface area contributed by atoms with Gasteiger partial charge in [-0.05, 0) is 6.07 Å². The molecule has 4 nitrogen and oxygen atoms in total. The largest absolute Gasteiger partial charge is 0.573 e. The lowest BCUT2D eigenvalue weighted by Gasteiger charge is -2.29. The first-order chi connectivity index (χ1) is 12.1. The van der Waals surface area contributed by atoms with E-state index in [-0.39, 0.29) is 11.2 Å². The molecule has 1 aliphatic heterocycles. The van der Waals surface area contributed by atoms with Crippen molar-refractivity contribution in [2.45, 2.75) is 52.1 Å². The lowest BCUT2D eigenvalue weighted by atomic mass is 9.95. The zero-order chi connectivity index (χ0) is 18.9. The molecule has 0 amide bonds. The average molecular weight is 365 g/mol. The highest BCUT2D eigenvalue weighted by molar-refractivity contribution is 5.34. The van der Waals surface area contributed by atoms with Crippen LogP contribution in [0.1, 0.15) is 43.4 Å². The minimum atomic E-state index is -4.69.